The summed E-state index contributed by atoms with van der Waals surface area (Å²) in [6, 6.07) is 0. The molecule has 0 heteroatoms. The molecule has 0 saturated heterocycles. The zero-order chi connectivity index (χ0) is 26.2. The lowest BCUT2D eigenvalue weighted by Gasteiger charge is -2.14. The maximum atomic E-state index is 4.22. The summed E-state index contributed by atoms with van der Waals surface area (Å²) in [5.41, 5.74) is 0. The summed E-state index contributed by atoms with van der Waals surface area (Å²) >= 11 is 0. The van der Waals surface area contributed by atoms with Crippen molar-refractivity contribution in [3.05, 3.63) is 6.92 Å². The zero-order valence-electron chi connectivity index (χ0n) is 25.9. The SMILES string of the molecule is [CH2]CC(CCCCCCCC)CCCCCCCCCCCCCCCCCCCCCCCCC. The van der Waals surface area contributed by atoms with Gasteiger partial charge in [-0.2, -0.15) is 0 Å². The van der Waals surface area contributed by atoms with Crippen molar-refractivity contribution in [3.63, 3.8) is 0 Å². The van der Waals surface area contributed by atoms with E-state index in [1.807, 2.05) is 0 Å². The molecule has 0 nitrogen and oxygen atoms in total. The van der Waals surface area contributed by atoms with Gasteiger partial charge in [0.05, 0.1) is 0 Å². The van der Waals surface area contributed by atoms with Crippen LogP contribution in [0.3, 0.4) is 0 Å². The second kappa shape index (κ2) is 33.0. The predicted octanol–water partition coefficient (Wildman–Crippen LogP) is 14.0. The van der Waals surface area contributed by atoms with E-state index in [9.17, 15) is 0 Å². The number of hydrogen-bond donors (Lipinski definition) is 0. The largest absolute Gasteiger partial charge is 0.0654 e. The Bertz CT molecular complexity index is 359. The van der Waals surface area contributed by atoms with Crippen molar-refractivity contribution in [1.29, 1.82) is 0 Å². The quantitative estimate of drug-likeness (QED) is 0.0797. The van der Waals surface area contributed by atoms with Gasteiger partial charge in [0.2, 0.25) is 0 Å². The van der Waals surface area contributed by atoms with Crippen LogP contribution >= 0.6 is 0 Å². The molecule has 0 aromatic heterocycles. The van der Waals surface area contributed by atoms with Crippen molar-refractivity contribution in [3.8, 4) is 0 Å². The van der Waals surface area contributed by atoms with E-state index in [1.54, 1.807) is 0 Å². The molecule has 0 aromatic rings. The molecule has 0 aromatic carbocycles. The van der Waals surface area contributed by atoms with Crippen LogP contribution in [0.25, 0.3) is 0 Å². The average Bonchev–Trinajstić information content (AvgIpc) is 2.89. The van der Waals surface area contributed by atoms with Gasteiger partial charge in [0.15, 0.2) is 0 Å². The summed E-state index contributed by atoms with van der Waals surface area (Å²) in [5.74, 6) is 0.908. The molecule has 0 heterocycles. The molecule has 0 amide bonds. The summed E-state index contributed by atoms with van der Waals surface area (Å²) in [5, 5.41) is 0. The topological polar surface area (TPSA) is 0 Å². The standard InChI is InChI=1S/C36H73/c1-4-7-9-11-13-14-15-16-17-18-19-20-21-22-23-24-25-26-27-28-29-31-33-35-36(6-3)34-32-30-12-10-8-5-2/h36H,3-35H2,1-2H3. The van der Waals surface area contributed by atoms with Gasteiger partial charge in [-0.1, -0.05) is 226 Å². The average molecular weight is 506 g/mol. The molecule has 0 N–H and O–H groups in total. The van der Waals surface area contributed by atoms with Crippen molar-refractivity contribution in [2.75, 3.05) is 0 Å². The van der Waals surface area contributed by atoms with E-state index < -0.39 is 0 Å². The van der Waals surface area contributed by atoms with Crippen LogP contribution in [0, 0.1) is 12.8 Å². The molecule has 1 radical (unpaired) electrons. The van der Waals surface area contributed by atoms with E-state index in [1.165, 1.54) is 199 Å². The molecular weight excluding hydrogens is 432 g/mol. The van der Waals surface area contributed by atoms with Gasteiger partial charge in [0.1, 0.15) is 0 Å². The lowest BCUT2D eigenvalue weighted by Crippen LogP contribution is -1.99. The minimum Gasteiger partial charge on any atom is -0.0654 e. The summed E-state index contributed by atoms with van der Waals surface area (Å²) in [6.45, 7) is 8.84. The number of unbranched alkanes of at least 4 members (excludes halogenated alkanes) is 27. The van der Waals surface area contributed by atoms with E-state index in [0.717, 1.165) is 12.3 Å². The highest BCUT2D eigenvalue weighted by Crippen LogP contribution is 2.22. The van der Waals surface area contributed by atoms with Gasteiger partial charge in [0, 0.05) is 0 Å². The third-order valence-corrected chi connectivity index (χ3v) is 8.59. The van der Waals surface area contributed by atoms with Crippen LogP contribution in [0.4, 0.5) is 0 Å². The van der Waals surface area contributed by atoms with Gasteiger partial charge >= 0.3 is 0 Å². The van der Waals surface area contributed by atoms with Crippen molar-refractivity contribution in [2.24, 2.45) is 5.92 Å². The highest BCUT2D eigenvalue weighted by atomic mass is 14.1. The second-order valence-electron chi connectivity index (χ2n) is 12.3. The fraction of sp³-hybridized carbons (Fsp3) is 0.972. The van der Waals surface area contributed by atoms with Crippen molar-refractivity contribution in [2.45, 2.75) is 219 Å². The fourth-order valence-electron chi connectivity index (χ4n) is 5.86. The van der Waals surface area contributed by atoms with Crippen LogP contribution in [-0.2, 0) is 0 Å². The highest BCUT2D eigenvalue weighted by molar-refractivity contribution is 4.62. The Kier molecular flexibility index (Phi) is 33.0. The molecule has 0 spiro atoms. The van der Waals surface area contributed by atoms with Crippen LogP contribution in [0.5, 0.6) is 0 Å². The van der Waals surface area contributed by atoms with Gasteiger partial charge in [-0.3, -0.25) is 0 Å². The third-order valence-electron chi connectivity index (χ3n) is 8.59. The zero-order valence-corrected chi connectivity index (χ0v) is 25.9. The summed E-state index contributed by atoms with van der Waals surface area (Å²) in [6.07, 6.45) is 46.6. The molecule has 36 heavy (non-hydrogen) atoms. The minimum atomic E-state index is 0.908. The maximum Gasteiger partial charge on any atom is -0.0414 e. The Morgan fingerprint density at radius 2 is 0.500 bits per heavy atom. The van der Waals surface area contributed by atoms with E-state index in [0.29, 0.717) is 0 Å². The third kappa shape index (κ3) is 30.2. The Balaban J connectivity index is 3.16. The Morgan fingerprint density at radius 3 is 0.694 bits per heavy atom. The van der Waals surface area contributed by atoms with Gasteiger partial charge in [-0.25, -0.2) is 0 Å². The van der Waals surface area contributed by atoms with Gasteiger partial charge < -0.3 is 0 Å². The van der Waals surface area contributed by atoms with Gasteiger partial charge in [0.25, 0.3) is 0 Å². The first-order chi connectivity index (χ1) is 17.8. The van der Waals surface area contributed by atoms with Crippen LogP contribution in [0.2, 0.25) is 0 Å². The monoisotopic (exact) mass is 506 g/mol. The fourth-order valence-corrected chi connectivity index (χ4v) is 5.86. The van der Waals surface area contributed by atoms with Crippen molar-refractivity contribution >= 4 is 0 Å². The molecule has 1 atom stereocenters. The smallest absolute Gasteiger partial charge is 0.0414 e. The molecule has 0 bridgehead atoms. The molecular formula is C36H73. The maximum absolute atomic E-state index is 4.22. The predicted molar refractivity (Wildman–Crippen MR) is 168 cm³/mol. The van der Waals surface area contributed by atoms with Crippen LogP contribution < -0.4 is 0 Å². The van der Waals surface area contributed by atoms with E-state index in [-0.39, 0.29) is 0 Å². The van der Waals surface area contributed by atoms with Crippen molar-refractivity contribution < 1.29 is 0 Å². The minimum absolute atomic E-state index is 0.908. The molecule has 1 unspecified atom stereocenters. The van der Waals surface area contributed by atoms with Crippen LogP contribution in [0.1, 0.15) is 219 Å². The van der Waals surface area contributed by atoms with E-state index in [2.05, 4.69) is 20.8 Å². The summed E-state index contributed by atoms with van der Waals surface area (Å²) in [7, 11) is 0. The second-order valence-corrected chi connectivity index (χ2v) is 12.3. The highest BCUT2D eigenvalue weighted by Gasteiger charge is 2.06. The van der Waals surface area contributed by atoms with Gasteiger partial charge in [-0.15, -0.1) is 0 Å². The number of hydrogen-bond acceptors (Lipinski definition) is 0. The number of rotatable bonds is 32. The first-order valence-electron chi connectivity index (χ1n) is 17.6. The molecule has 0 saturated carbocycles. The van der Waals surface area contributed by atoms with E-state index in [4.69, 9.17) is 0 Å². The van der Waals surface area contributed by atoms with Crippen LogP contribution in [0.15, 0.2) is 0 Å². The van der Waals surface area contributed by atoms with Crippen molar-refractivity contribution in [1.82, 2.24) is 0 Å². The first-order valence-corrected chi connectivity index (χ1v) is 17.6. The lowest BCUT2D eigenvalue weighted by atomic mass is 9.92. The van der Waals surface area contributed by atoms with Crippen LogP contribution in [-0.4, -0.2) is 0 Å². The Morgan fingerprint density at radius 1 is 0.306 bits per heavy atom. The molecule has 0 aliphatic carbocycles. The van der Waals surface area contributed by atoms with E-state index >= 15 is 0 Å². The van der Waals surface area contributed by atoms with Gasteiger partial charge in [-0.05, 0) is 5.92 Å². The molecule has 0 rings (SSSR count). The first kappa shape index (κ1) is 36.0. The molecule has 0 fully saturated rings. The molecule has 217 valence electrons. The molecule has 0 aliphatic rings. The Hall–Kier alpha value is 0. The summed E-state index contributed by atoms with van der Waals surface area (Å²) in [4.78, 5) is 0. The Labute approximate surface area is 232 Å². The summed E-state index contributed by atoms with van der Waals surface area (Å²) < 4.78 is 0. The molecule has 0 aliphatic heterocycles. The normalized spacial score (nSPS) is 12.4. The lowest BCUT2D eigenvalue weighted by molar-refractivity contribution is 0.404.